The molecule has 0 aromatic heterocycles. The van der Waals surface area contributed by atoms with Crippen molar-refractivity contribution in [2.45, 2.75) is 41.5 Å². The first-order chi connectivity index (χ1) is 10.1. The number of anilines is 2. The van der Waals surface area contributed by atoms with Gasteiger partial charge in [-0.05, 0) is 37.1 Å². The molecule has 0 N–H and O–H groups in total. The Balaban J connectivity index is 3.51. The normalized spacial score (nSPS) is 10.1. The van der Waals surface area contributed by atoms with Crippen LogP contribution in [-0.4, -0.2) is 23.6 Å². The van der Waals surface area contributed by atoms with Crippen LogP contribution in [0.2, 0.25) is 0 Å². The molecular weight excluding hydrogens is 284 g/mol. The Hall–Kier alpha value is -2.50. The van der Waals surface area contributed by atoms with Gasteiger partial charge in [0.1, 0.15) is 0 Å². The van der Waals surface area contributed by atoms with Crippen molar-refractivity contribution in [3.05, 3.63) is 23.3 Å². The summed E-state index contributed by atoms with van der Waals surface area (Å²) >= 11 is 0. The van der Waals surface area contributed by atoms with Crippen LogP contribution < -0.4 is 9.80 Å². The van der Waals surface area contributed by atoms with E-state index in [1.165, 1.54) is 27.7 Å². The van der Waals surface area contributed by atoms with Crippen molar-refractivity contribution in [2.75, 3.05) is 9.80 Å². The summed E-state index contributed by atoms with van der Waals surface area (Å²) in [6.45, 7) is 8.66. The summed E-state index contributed by atoms with van der Waals surface area (Å²) in [7, 11) is 0. The fourth-order valence-corrected chi connectivity index (χ4v) is 2.39. The number of hydrogen-bond acceptors (Lipinski definition) is 4. The minimum atomic E-state index is -0.391. The van der Waals surface area contributed by atoms with Crippen molar-refractivity contribution in [1.29, 1.82) is 0 Å². The van der Waals surface area contributed by atoms with E-state index in [1.54, 1.807) is 26.0 Å². The number of amides is 4. The third-order valence-corrected chi connectivity index (χ3v) is 3.26. The van der Waals surface area contributed by atoms with Gasteiger partial charge in [0, 0.05) is 27.7 Å². The van der Waals surface area contributed by atoms with Crippen LogP contribution in [0.4, 0.5) is 11.4 Å². The molecule has 0 saturated heterocycles. The molecule has 0 atom stereocenters. The molecule has 0 spiro atoms. The Morgan fingerprint density at radius 2 is 0.864 bits per heavy atom. The molecule has 0 unspecified atom stereocenters. The van der Waals surface area contributed by atoms with E-state index in [0.717, 1.165) is 9.80 Å². The SMILES string of the molecule is CC(=O)N(C(C)=O)c1cc(C)c(N(C(C)=O)C(C)=O)cc1C. The molecule has 0 fully saturated rings. The minimum absolute atomic E-state index is 0.391. The Morgan fingerprint density at radius 1 is 0.636 bits per heavy atom. The first kappa shape index (κ1) is 17.6. The van der Waals surface area contributed by atoms with E-state index < -0.39 is 23.6 Å². The molecule has 0 aliphatic carbocycles. The Kier molecular flexibility index (Phi) is 5.19. The largest absolute Gasteiger partial charge is 0.274 e. The van der Waals surface area contributed by atoms with E-state index in [0.29, 0.717) is 22.5 Å². The Bertz CT molecular complexity index is 579. The van der Waals surface area contributed by atoms with E-state index in [1.807, 2.05) is 0 Å². The maximum Gasteiger partial charge on any atom is 0.230 e. The van der Waals surface area contributed by atoms with Crippen LogP contribution >= 0.6 is 0 Å². The topological polar surface area (TPSA) is 74.8 Å². The van der Waals surface area contributed by atoms with Gasteiger partial charge in [-0.15, -0.1) is 0 Å². The van der Waals surface area contributed by atoms with Crippen LogP contribution in [-0.2, 0) is 19.2 Å². The molecule has 4 amide bonds. The fourth-order valence-electron chi connectivity index (χ4n) is 2.39. The van der Waals surface area contributed by atoms with Gasteiger partial charge in [-0.1, -0.05) is 0 Å². The Morgan fingerprint density at radius 3 is 1.05 bits per heavy atom. The zero-order valence-electron chi connectivity index (χ0n) is 13.7. The molecule has 6 heteroatoms. The number of aryl methyl sites for hydroxylation is 2. The van der Waals surface area contributed by atoms with Crippen LogP contribution in [0.15, 0.2) is 12.1 Å². The molecule has 1 rings (SSSR count). The molecule has 6 nitrogen and oxygen atoms in total. The molecule has 22 heavy (non-hydrogen) atoms. The van der Waals surface area contributed by atoms with Gasteiger partial charge < -0.3 is 0 Å². The predicted octanol–water partition coefficient (Wildman–Crippen LogP) is 2.10. The number of benzene rings is 1. The monoisotopic (exact) mass is 304 g/mol. The highest BCUT2D eigenvalue weighted by Crippen LogP contribution is 2.30. The van der Waals surface area contributed by atoms with Crippen LogP contribution in [0, 0.1) is 13.8 Å². The summed E-state index contributed by atoms with van der Waals surface area (Å²) in [4.78, 5) is 48.8. The minimum Gasteiger partial charge on any atom is -0.274 e. The second kappa shape index (κ2) is 6.51. The average molecular weight is 304 g/mol. The van der Waals surface area contributed by atoms with Gasteiger partial charge in [-0.2, -0.15) is 0 Å². The van der Waals surface area contributed by atoms with E-state index >= 15 is 0 Å². The lowest BCUT2D eigenvalue weighted by Gasteiger charge is -2.24. The van der Waals surface area contributed by atoms with Crippen molar-refractivity contribution >= 4 is 35.0 Å². The second-order valence-electron chi connectivity index (χ2n) is 5.17. The zero-order chi connectivity index (χ0) is 17.2. The maximum absolute atomic E-state index is 11.7. The highest BCUT2D eigenvalue weighted by atomic mass is 16.2. The number of carbonyl (C=O) groups is 4. The van der Waals surface area contributed by atoms with Gasteiger partial charge in [-0.25, -0.2) is 0 Å². The molecule has 1 aromatic rings. The third-order valence-electron chi connectivity index (χ3n) is 3.26. The van der Waals surface area contributed by atoms with Gasteiger partial charge in [0.05, 0.1) is 11.4 Å². The van der Waals surface area contributed by atoms with Crippen LogP contribution in [0.1, 0.15) is 38.8 Å². The van der Waals surface area contributed by atoms with Crippen molar-refractivity contribution < 1.29 is 19.2 Å². The maximum atomic E-state index is 11.7. The second-order valence-corrected chi connectivity index (χ2v) is 5.17. The van der Waals surface area contributed by atoms with E-state index in [-0.39, 0.29) is 0 Å². The van der Waals surface area contributed by atoms with E-state index in [9.17, 15) is 19.2 Å². The van der Waals surface area contributed by atoms with Gasteiger partial charge in [0.15, 0.2) is 0 Å². The van der Waals surface area contributed by atoms with Gasteiger partial charge >= 0.3 is 0 Å². The molecule has 118 valence electrons. The highest BCUT2D eigenvalue weighted by molar-refractivity contribution is 6.15. The summed E-state index contributed by atoms with van der Waals surface area (Å²) in [6, 6.07) is 3.26. The zero-order valence-corrected chi connectivity index (χ0v) is 13.7. The number of imide groups is 2. The van der Waals surface area contributed by atoms with Crippen molar-refractivity contribution in [3.8, 4) is 0 Å². The summed E-state index contributed by atoms with van der Waals surface area (Å²) in [5.41, 5.74) is 2.15. The van der Waals surface area contributed by atoms with Crippen LogP contribution in [0.5, 0.6) is 0 Å². The van der Waals surface area contributed by atoms with Gasteiger partial charge in [-0.3, -0.25) is 29.0 Å². The van der Waals surface area contributed by atoms with Gasteiger partial charge in [0.2, 0.25) is 23.6 Å². The first-order valence-electron chi connectivity index (χ1n) is 6.81. The molecule has 0 radical (unpaired) electrons. The number of hydrogen-bond donors (Lipinski definition) is 0. The van der Waals surface area contributed by atoms with Crippen molar-refractivity contribution in [2.24, 2.45) is 0 Å². The molecule has 1 aromatic carbocycles. The lowest BCUT2D eigenvalue weighted by Crippen LogP contribution is -2.35. The quantitative estimate of drug-likeness (QED) is 0.838. The Labute approximate surface area is 129 Å². The summed E-state index contributed by atoms with van der Waals surface area (Å²) in [6.07, 6.45) is 0. The molecule has 0 saturated carbocycles. The lowest BCUT2D eigenvalue weighted by atomic mass is 10.1. The van der Waals surface area contributed by atoms with E-state index in [4.69, 9.17) is 0 Å². The van der Waals surface area contributed by atoms with Crippen molar-refractivity contribution in [3.63, 3.8) is 0 Å². The number of nitrogens with zero attached hydrogens (tertiary/aromatic N) is 2. The fraction of sp³-hybridized carbons (Fsp3) is 0.375. The van der Waals surface area contributed by atoms with E-state index in [2.05, 4.69) is 0 Å². The predicted molar refractivity (Wildman–Crippen MR) is 83.6 cm³/mol. The molecule has 0 aliphatic heterocycles. The highest BCUT2D eigenvalue weighted by Gasteiger charge is 2.23. The summed E-state index contributed by atoms with van der Waals surface area (Å²) in [5.74, 6) is -1.56. The lowest BCUT2D eigenvalue weighted by molar-refractivity contribution is -0.126. The first-order valence-corrected chi connectivity index (χ1v) is 6.81. The smallest absolute Gasteiger partial charge is 0.230 e. The molecule has 0 heterocycles. The molecule has 0 aliphatic rings. The van der Waals surface area contributed by atoms with Crippen molar-refractivity contribution in [1.82, 2.24) is 0 Å². The summed E-state index contributed by atoms with van der Waals surface area (Å²) < 4.78 is 0. The average Bonchev–Trinajstić information content (AvgIpc) is 2.33. The molecule has 0 bridgehead atoms. The number of carbonyl (C=O) groups excluding carboxylic acids is 4. The van der Waals surface area contributed by atoms with Crippen LogP contribution in [0.3, 0.4) is 0 Å². The van der Waals surface area contributed by atoms with Gasteiger partial charge in [0.25, 0.3) is 0 Å². The third kappa shape index (κ3) is 3.39. The summed E-state index contributed by atoms with van der Waals surface area (Å²) in [5, 5.41) is 0. The molecular formula is C16H20N2O4. The van der Waals surface area contributed by atoms with Crippen LogP contribution in [0.25, 0.3) is 0 Å². The number of rotatable bonds is 2. The standard InChI is InChI=1S/C16H20N2O4/c1-9-7-16(18(13(5)21)14(6)22)10(2)8-15(9)17(11(3)19)12(4)20/h7-8H,1-6H3.